The summed E-state index contributed by atoms with van der Waals surface area (Å²) in [5.74, 6) is -0.863. The number of halogens is 1. The van der Waals surface area contributed by atoms with Crippen LogP contribution in [0.4, 0.5) is 0 Å². The molecule has 0 aromatic rings. The van der Waals surface area contributed by atoms with Crippen LogP contribution < -0.4 is 0 Å². The molecule has 0 rings (SSSR count). The Hall–Kier alpha value is -0.540. The van der Waals surface area contributed by atoms with Crippen molar-refractivity contribution in [3.05, 3.63) is 12.2 Å². The fourth-order valence-corrected chi connectivity index (χ4v) is 0.351. The predicted molar refractivity (Wildman–Crippen MR) is 58.5 cm³/mol. The molecule has 3 nitrogen and oxygen atoms in total. The molecular formula is C9H20ClNO2. The Balaban J connectivity index is -0.000000173. The van der Waals surface area contributed by atoms with E-state index in [1.807, 2.05) is 33.0 Å². The van der Waals surface area contributed by atoms with Crippen molar-refractivity contribution in [3.8, 4) is 0 Å². The van der Waals surface area contributed by atoms with Gasteiger partial charge in [0.2, 0.25) is 0 Å². The van der Waals surface area contributed by atoms with Gasteiger partial charge in [0.25, 0.3) is 0 Å². The molecule has 0 spiro atoms. The Labute approximate surface area is 86.8 Å². The highest BCUT2D eigenvalue weighted by Gasteiger charge is 1.81. The van der Waals surface area contributed by atoms with Crippen LogP contribution in [0.1, 0.15) is 19.8 Å². The van der Waals surface area contributed by atoms with E-state index in [9.17, 15) is 4.79 Å². The number of hydrogen-bond donors (Lipinski definition) is 1. The van der Waals surface area contributed by atoms with E-state index in [-0.39, 0.29) is 12.4 Å². The molecule has 0 saturated carbocycles. The fraction of sp³-hybridized carbons (Fsp3) is 0.667. The Morgan fingerprint density at radius 3 is 2.00 bits per heavy atom. The van der Waals surface area contributed by atoms with Crippen LogP contribution in [0, 0.1) is 0 Å². The zero-order valence-corrected chi connectivity index (χ0v) is 9.60. The molecule has 1 N–H and O–H groups in total. The van der Waals surface area contributed by atoms with E-state index in [0.29, 0.717) is 0 Å². The SMILES string of the molecule is CCCC=CC(=O)O.CN(C)C.Cl. The second-order valence-corrected chi connectivity index (χ2v) is 2.87. The zero-order valence-electron chi connectivity index (χ0n) is 8.78. The van der Waals surface area contributed by atoms with Gasteiger partial charge in [0, 0.05) is 6.08 Å². The molecule has 0 fully saturated rings. The normalized spacial score (nSPS) is 9.00. The summed E-state index contributed by atoms with van der Waals surface area (Å²) in [4.78, 5) is 11.8. The zero-order chi connectivity index (χ0) is 9.98. The van der Waals surface area contributed by atoms with Crippen LogP contribution in [-0.4, -0.2) is 37.1 Å². The van der Waals surface area contributed by atoms with Gasteiger partial charge in [0.1, 0.15) is 0 Å². The number of nitrogens with zero attached hydrogens (tertiary/aromatic N) is 1. The monoisotopic (exact) mass is 209 g/mol. The van der Waals surface area contributed by atoms with Gasteiger partial charge in [-0.3, -0.25) is 0 Å². The second-order valence-electron chi connectivity index (χ2n) is 2.87. The minimum atomic E-state index is -0.863. The van der Waals surface area contributed by atoms with Gasteiger partial charge in [0.05, 0.1) is 0 Å². The number of carbonyl (C=O) groups is 1. The number of aliphatic carboxylic acids is 1. The third kappa shape index (κ3) is 51.6. The first kappa shape index (κ1) is 18.3. The molecule has 0 aliphatic rings. The van der Waals surface area contributed by atoms with E-state index >= 15 is 0 Å². The number of allylic oxidation sites excluding steroid dienone is 1. The summed E-state index contributed by atoms with van der Waals surface area (Å²) >= 11 is 0. The van der Waals surface area contributed by atoms with E-state index in [4.69, 9.17) is 5.11 Å². The van der Waals surface area contributed by atoms with Crippen molar-refractivity contribution in [1.29, 1.82) is 0 Å². The highest BCUT2D eigenvalue weighted by molar-refractivity contribution is 5.85. The van der Waals surface area contributed by atoms with Crippen molar-refractivity contribution in [2.75, 3.05) is 21.1 Å². The molecule has 0 aliphatic heterocycles. The molecule has 0 unspecified atom stereocenters. The van der Waals surface area contributed by atoms with Gasteiger partial charge in [-0.25, -0.2) is 4.79 Å². The standard InChI is InChI=1S/C6H10O2.C3H9N.ClH/c1-2-3-4-5-6(7)8;1-4(2)3;/h4-5H,2-3H2,1H3,(H,7,8);1-3H3;1H. The number of hydrogen-bond acceptors (Lipinski definition) is 2. The number of rotatable bonds is 3. The third-order valence-corrected chi connectivity index (χ3v) is 0.716. The molecule has 0 aromatic heterocycles. The molecule has 0 bridgehead atoms. The molecular weight excluding hydrogens is 190 g/mol. The molecule has 0 saturated heterocycles. The Morgan fingerprint density at radius 1 is 1.38 bits per heavy atom. The van der Waals surface area contributed by atoms with Gasteiger partial charge in [-0.05, 0) is 27.6 Å². The Morgan fingerprint density at radius 2 is 1.77 bits per heavy atom. The summed E-state index contributed by atoms with van der Waals surface area (Å²) in [6.07, 6.45) is 4.68. The smallest absolute Gasteiger partial charge is 0.327 e. The van der Waals surface area contributed by atoms with Gasteiger partial charge in [-0.15, -0.1) is 12.4 Å². The molecule has 0 aromatic carbocycles. The van der Waals surface area contributed by atoms with Crippen molar-refractivity contribution in [1.82, 2.24) is 4.90 Å². The molecule has 0 heterocycles. The first-order chi connectivity index (χ1) is 5.50. The quantitative estimate of drug-likeness (QED) is 0.724. The van der Waals surface area contributed by atoms with E-state index < -0.39 is 5.97 Å². The van der Waals surface area contributed by atoms with Crippen LogP contribution in [0.5, 0.6) is 0 Å². The van der Waals surface area contributed by atoms with Crippen molar-refractivity contribution >= 4 is 18.4 Å². The average Bonchev–Trinajstić information content (AvgIpc) is 1.86. The predicted octanol–water partition coefficient (Wildman–Crippen LogP) is 2.03. The minimum absolute atomic E-state index is 0. The Kier molecular flexibility index (Phi) is 19.7. The van der Waals surface area contributed by atoms with Gasteiger partial charge in [0.15, 0.2) is 0 Å². The van der Waals surface area contributed by atoms with Crippen LogP contribution in [0.15, 0.2) is 12.2 Å². The van der Waals surface area contributed by atoms with E-state index in [0.717, 1.165) is 12.8 Å². The molecule has 0 aliphatic carbocycles. The third-order valence-electron chi connectivity index (χ3n) is 0.716. The van der Waals surface area contributed by atoms with E-state index in [2.05, 4.69) is 0 Å². The summed E-state index contributed by atoms with van der Waals surface area (Å²) in [5.41, 5.74) is 0. The van der Waals surface area contributed by atoms with E-state index in [1.165, 1.54) is 6.08 Å². The molecule has 80 valence electrons. The van der Waals surface area contributed by atoms with Gasteiger partial charge < -0.3 is 10.0 Å². The summed E-state index contributed by atoms with van der Waals surface area (Å²) in [7, 11) is 6.00. The topological polar surface area (TPSA) is 40.5 Å². The van der Waals surface area contributed by atoms with Crippen molar-refractivity contribution in [2.24, 2.45) is 0 Å². The second kappa shape index (κ2) is 14.0. The van der Waals surface area contributed by atoms with Gasteiger partial charge >= 0.3 is 5.97 Å². The average molecular weight is 210 g/mol. The van der Waals surface area contributed by atoms with Crippen molar-refractivity contribution in [2.45, 2.75) is 19.8 Å². The molecule has 0 atom stereocenters. The number of carboxylic acid groups (broad SMARTS) is 1. The first-order valence-electron chi connectivity index (χ1n) is 4.01. The van der Waals surface area contributed by atoms with Crippen LogP contribution in [0.3, 0.4) is 0 Å². The lowest BCUT2D eigenvalue weighted by Gasteiger charge is -1.90. The van der Waals surface area contributed by atoms with Crippen LogP contribution >= 0.6 is 12.4 Å². The van der Waals surface area contributed by atoms with Crippen molar-refractivity contribution in [3.63, 3.8) is 0 Å². The van der Waals surface area contributed by atoms with Crippen LogP contribution in [0.25, 0.3) is 0 Å². The maximum Gasteiger partial charge on any atom is 0.327 e. The molecule has 4 heteroatoms. The number of unbranched alkanes of at least 4 members (excludes halogenated alkanes) is 1. The number of carboxylic acids is 1. The minimum Gasteiger partial charge on any atom is -0.478 e. The largest absolute Gasteiger partial charge is 0.478 e. The maximum atomic E-state index is 9.79. The lowest BCUT2D eigenvalue weighted by atomic mass is 10.3. The molecule has 0 radical (unpaired) electrons. The highest BCUT2D eigenvalue weighted by atomic mass is 35.5. The fourth-order valence-electron chi connectivity index (χ4n) is 0.351. The lowest BCUT2D eigenvalue weighted by Crippen LogP contribution is -1.99. The first-order valence-corrected chi connectivity index (χ1v) is 4.01. The molecule has 13 heavy (non-hydrogen) atoms. The lowest BCUT2D eigenvalue weighted by molar-refractivity contribution is -0.131. The maximum absolute atomic E-state index is 9.79. The van der Waals surface area contributed by atoms with Gasteiger partial charge in [-0.2, -0.15) is 0 Å². The summed E-state index contributed by atoms with van der Waals surface area (Å²) < 4.78 is 0. The summed E-state index contributed by atoms with van der Waals surface area (Å²) in [6.45, 7) is 2.01. The highest BCUT2D eigenvalue weighted by Crippen LogP contribution is 1.86. The van der Waals surface area contributed by atoms with Crippen LogP contribution in [0.2, 0.25) is 0 Å². The molecule has 0 amide bonds. The Bertz CT molecular complexity index is 133. The van der Waals surface area contributed by atoms with Gasteiger partial charge in [-0.1, -0.05) is 19.4 Å². The summed E-state index contributed by atoms with van der Waals surface area (Å²) in [6, 6.07) is 0. The summed E-state index contributed by atoms with van der Waals surface area (Å²) in [5, 5.41) is 8.05. The van der Waals surface area contributed by atoms with Crippen LogP contribution in [-0.2, 0) is 4.79 Å². The van der Waals surface area contributed by atoms with E-state index in [1.54, 1.807) is 6.08 Å². The van der Waals surface area contributed by atoms with Crippen molar-refractivity contribution < 1.29 is 9.90 Å².